The molecule has 1 aliphatic rings. The summed E-state index contributed by atoms with van der Waals surface area (Å²) in [7, 11) is 0. The number of nitrogens with one attached hydrogen (secondary N) is 1. The lowest BCUT2D eigenvalue weighted by Crippen LogP contribution is -2.47. The van der Waals surface area contributed by atoms with Crippen LogP contribution in [0.2, 0.25) is 0 Å². The molecule has 1 fully saturated rings. The van der Waals surface area contributed by atoms with Crippen molar-refractivity contribution < 1.29 is 18.0 Å². The van der Waals surface area contributed by atoms with Crippen molar-refractivity contribution >= 4 is 11.6 Å². The van der Waals surface area contributed by atoms with Crippen LogP contribution in [-0.4, -0.2) is 59.9 Å². The van der Waals surface area contributed by atoms with Crippen LogP contribution in [0, 0.1) is 0 Å². The summed E-state index contributed by atoms with van der Waals surface area (Å²) < 4.78 is 40.6. The van der Waals surface area contributed by atoms with Crippen LogP contribution in [0.15, 0.2) is 73.1 Å². The predicted octanol–water partition coefficient (Wildman–Crippen LogP) is 3.82. The molecule has 2 aromatic carbocycles. The molecule has 1 N–H and O–H groups in total. The summed E-state index contributed by atoms with van der Waals surface area (Å²) >= 11 is 0. The molecule has 1 amide bonds. The first-order valence-electron chi connectivity index (χ1n) is 11.4. The Labute approximate surface area is 197 Å². The molecule has 34 heavy (non-hydrogen) atoms. The molecule has 0 spiro atoms. The predicted molar refractivity (Wildman–Crippen MR) is 125 cm³/mol. The van der Waals surface area contributed by atoms with E-state index in [0.717, 1.165) is 37.7 Å². The van der Waals surface area contributed by atoms with Gasteiger partial charge in [0, 0.05) is 50.8 Å². The van der Waals surface area contributed by atoms with Gasteiger partial charge in [-0.05, 0) is 42.8 Å². The molecule has 0 saturated carbocycles. The minimum absolute atomic E-state index is 0.107. The second-order valence-corrected chi connectivity index (χ2v) is 8.32. The molecule has 1 aromatic heterocycles. The Kier molecular flexibility index (Phi) is 7.52. The number of hydrogen-bond donors (Lipinski definition) is 1. The number of hydrogen-bond acceptors (Lipinski definition) is 4. The smallest absolute Gasteiger partial charge is 0.369 e. The van der Waals surface area contributed by atoms with Crippen LogP contribution < -0.4 is 10.2 Å². The third-order valence-corrected chi connectivity index (χ3v) is 6.01. The summed E-state index contributed by atoms with van der Waals surface area (Å²) in [4.78, 5) is 17.2. The third-order valence-electron chi connectivity index (χ3n) is 6.01. The van der Waals surface area contributed by atoms with E-state index >= 15 is 0 Å². The first kappa shape index (κ1) is 23.8. The Hall–Kier alpha value is -3.33. The van der Waals surface area contributed by atoms with E-state index in [-0.39, 0.29) is 5.91 Å². The van der Waals surface area contributed by atoms with Crippen molar-refractivity contribution in [3.63, 3.8) is 0 Å². The molecule has 9 heteroatoms. The van der Waals surface area contributed by atoms with Crippen LogP contribution in [0.5, 0.6) is 0 Å². The van der Waals surface area contributed by atoms with E-state index in [0.29, 0.717) is 25.3 Å². The summed E-state index contributed by atoms with van der Waals surface area (Å²) in [5, 5.41) is 7.27. The zero-order chi connectivity index (χ0) is 24.0. The van der Waals surface area contributed by atoms with Gasteiger partial charge in [-0.3, -0.25) is 14.4 Å². The van der Waals surface area contributed by atoms with E-state index in [9.17, 15) is 18.0 Å². The summed E-state index contributed by atoms with van der Waals surface area (Å²) in [6.07, 6.45) is -0.113. The first-order valence-corrected chi connectivity index (χ1v) is 11.4. The van der Waals surface area contributed by atoms with E-state index in [1.165, 1.54) is 12.1 Å². The van der Waals surface area contributed by atoms with Crippen molar-refractivity contribution in [2.24, 2.45) is 0 Å². The van der Waals surface area contributed by atoms with E-state index < -0.39 is 17.8 Å². The van der Waals surface area contributed by atoms with Crippen molar-refractivity contribution in [2.75, 3.05) is 44.2 Å². The van der Waals surface area contributed by atoms with Gasteiger partial charge in [0.1, 0.15) is 0 Å². The van der Waals surface area contributed by atoms with Gasteiger partial charge < -0.3 is 10.2 Å². The molecule has 180 valence electrons. The van der Waals surface area contributed by atoms with Crippen molar-refractivity contribution in [1.82, 2.24) is 20.0 Å². The number of anilines is 1. The Morgan fingerprint density at radius 3 is 2.44 bits per heavy atom. The summed E-state index contributed by atoms with van der Waals surface area (Å²) in [5.74, 6) is -0.107. The number of alkyl halides is 3. The van der Waals surface area contributed by atoms with Gasteiger partial charge in [0.25, 0.3) is 0 Å². The van der Waals surface area contributed by atoms with Gasteiger partial charge in [-0.2, -0.15) is 18.3 Å². The number of carbonyl (C=O) groups is 1. The Balaban J connectivity index is 1.23. The highest BCUT2D eigenvalue weighted by Gasteiger charge is 2.31. The Morgan fingerprint density at radius 1 is 1.00 bits per heavy atom. The van der Waals surface area contributed by atoms with Crippen LogP contribution in [0.25, 0.3) is 0 Å². The standard InChI is InChI=1S/C25H28F3N5O/c26-25(27,28)21-9-4-10-22(19-21)32-17-15-31(16-18-32)13-5-11-29-24(34)23(33-14-6-12-30-33)20-7-2-1-3-8-20/h1-4,6-10,12,14,19,23H,5,11,13,15-18H2,(H,29,34). The van der Waals surface area contributed by atoms with Crippen LogP contribution in [-0.2, 0) is 11.0 Å². The summed E-state index contributed by atoms with van der Waals surface area (Å²) in [5.41, 5.74) is 0.855. The van der Waals surface area contributed by atoms with E-state index in [4.69, 9.17) is 0 Å². The molecule has 1 saturated heterocycles. The van der Waals surface area contributed by atoms with Crippen molar-refractivity contribution in [2.45, 2.75) is 18.6 Å². The Bertz CT molecular complexity index is 1050. The monoisotopic (exact) mass is 471 g/mol. The molecular formula is C25H28F3N5O. The molecule has 2 heterocycles. The van der Waals surface area contributed by atoms with Gasteiger partial charge in [-0.15, -0.1) is 0 Å². The number of amides is 1. The maximum Gasteiger partial charge on any atom is 0.416 e. The molecule has 0 aliphatic carbocycles. The molecular weight excluding hydrogens is 443 g/mol. The minimum Gasteiger partial charge on any atom is -0.369 e. The number of halogens is 3. The van der Waals surface area contributed by atoms with E-state index in [1.54, 1.807) is 29.2 Å². The number of piperazine rings is 1. The Morgan fingerprint density at radius 2 is 1.76 bits per heavy atom. The van der Waals surface area contributed by atoms with Crippen molar-refractivity contribution in [3.05, 3.63) is 84.2 Å². The normalized spacial score (nSPS) is 15.8. The van der Waals surface area contributed by atoms with Gasteiger partial charge in [0.05, 0.1) is 5.56 Å². The van der Waals surface area contributed by atoms with Crippen LogP contribution in [0.1, 0.15) is 23.6 Å². The molecule has 1 aliphatic heterocycles. The highest BCUT2D eigenvalue weighted by atomic mass is 19.4. The fourth-order valence-electron chi connectivity index (χ4n) is 4.21. The van der Waals surface area contributed by atoms with Crippen LogP contribution in [0.4, 0.5) is 18.9 Å². The molecule has 3 aromatic rings. The largest absolute Gasteiger partial charge is 0.416 e. The molecule has 0 bridgehead atoms. The van der Waals surface area contributed by atoms with Gasteiger partial charge >= 0.3 is 6.18 Å². The molecule has 1 atom stereocenters. The molecule has 6 nitrogen and oxygen atoms in total. The zero-order valence-corrected chi connectivity index (χ0v) is 18.8. The minimum atomic E-state index is -4.33. The number of aromatic nitrogens is 2. The van der Waals surface area contributed by atoms with Gasteiger partial charge in [0.15, 0.2) is 6.04 Å². The molecule has 1 unspecified atom stereocenters. The van der Waals surface area contributed by atoms with E-state index in [1.807, 2.05) is 35.2 Å². The molecule has 0 radical (unpaired) electrons. The zero-order valence-electron chi connectivity index (χ0n) is 18.8. The van der Waals surface area contributed by atoms with E-state index in [2.05, 4.69) is 15.3 Å². The van der Waals surface area contributed by atoms with Crippen LogP contribution in [0.3, 0.4) is 0 Å². The molecule has 4 rings (SSSR count). The quantitative estimate of drug-likeness (QED) is 0.508. The fraction of sp³-hybridized carbons (Fsp3) is 0.360. The van der Waals surface area contributed by atoms with Crippen molar-refractivity contribution in [1.29, 1.82) is 0 Å². The summed E-state index contributed by atoms with van der Waals surface area (Å²) in [6, 6.07) is 16.3. The lowest BCUT2D eigenvalue weighted by atomic mass is 10.1. The van der Waals surface area contributed by atoms with Crippen LogP contribution >= 0.6 is 0 Å². The number of rotatable bonds is 8. The fourth-order valence-corrected chi connectivity index (χ4v) is 4.21. The second-order valence-electron chi connectivity index (χ2n) is 8.32. The second kappa shape index (κ2) is 10.7. The number of carbonyl (C=O) groups excluding carboxylic acids is 1. The lowest BCUT2D eigenvalue weighted by molar-refractivity contribution is -0.137. The third kappa shape index (κ3) is 5.96. The average Bonchev–Trinajstić information content (AvgIpc) is 3.37. The maximum atomic E-state index is 13.0. The lowest BCUT2D eigenvalue weighted by Gasteiger charge is -2.36. The highest BCUT2D eigenvalue weighted by molar-refractivity contribution is 5.83. The van der Waals surface area contributed by atoms with Gasteiger partial charge in [-0.1, -0.05) is 36.4 Å². The van der Waals surface area contributed by atoms with Crippen molar-refractivity contribution in [3.8, 4) is 0 Å². The topological polar surface area (TPSA) is 53.4 Å². The highest BCUT2D eigenvalue weighted by Crippen LogP contribution is 2.31. The van der Waals surface area contributed by atoms with Gasteiger partial charge in [0.2, 0.25) is 5.91 Å². The number of nitrogens with zero attached hydrogens (tertiary/aromatic N) is 4. The maximum absolute atomic E-state index is 13.0. The first-order chi connectivity index (χ1) is 16.4. The summed E-state index contributed by atoms with van der Waals surface area (Å²) in [6.45, 7) is 4.23. The van der Waals surface area contributed by atoms with Gasteiger partial charge in [-0.25, -0.2) is 0 Å². The average molecular weight is 472 g/mol. The number of benzene rings is 2. The SMILES string of the molecule is O=C(NCCCN1CCN(c2cccc(C(F)(F)F)c2)CC1)C(c1ccccc1)n1cccn1.